The molecule has 3 heterocycles. The average Bonchev–Trinajstić information content (AvgIpc) is 3.38. The van der Waals surface area contributed by atoms with Gasteiger partial charge in [0.15, 0.2) is 0 Å². The minimum atomic E-state index is -0.237. The highest BCUT2D eigenvalue weighted by molar-refractivity contribution is 7.21. The molecule has 0 radical (unpaired) electrons. The van der Waals surface area contributed by atoms with Crippen molar-refractivity contribution >= 4 is 44.5 Å². The fraction of sp³-hybridized carbons (Fsp3) is 0.0909. The lowest BCUT2D eigenvalue weighted by atomic mass is 10.1. The molecule has 0 fully saturated rings. The smallest absolute Gasteiger partial charge is 0.273 e. The predicted molar refractivity (Wildman–Crippen MR) is 120 cm³/mol. The number of hydrazone groups is 1. The lowest BCUT2D eigenvalue weighted by Crippen LogP contribution is -2.39. The number of amides is 1. The maximum absolute atomic E-state index is 12.9. The summed E-state index contributed by atoms with van der Waals surface area (Å²) in [4.78, 5) is 21.7. The van der Waals surface area contributed by atoms with E-state index in [0.29, 0.717) is 11.4 Å². The number of anilines is 2. The van der Waals surface area contributed by atoms with Crippen LogP contribution in [0.4, 0.5) is 11.4 Å². The first kappa shape index (κ1) is 18.4. The molecule has 5 rings (SSSR count). The topological polar surface area (TPSA) is 82.5 Å². The number of carbonyl (C=O) groups is 1. The van der Waals surface area contributed by atoms with Crippen molar-refractivity contribution in [1.29, 1.82) is 0 Å². The molecule has 2 aromatic heterocycles. The number of hydrogen-bond donors (Lipinski definition) is 2. The summed E-state index contributed by atoms with van der Waals surface area (Å²) in [7, 11) is 0. The fourth-order valence-corrected chi connectivity index (χ4v) is 4.17. The first-order chi connectivity index (χ1) is 14.7. The molecule has 8 heteroatoms. The second-order valence-electron chi connectivity index (χ2n) is 6.88. The van der Waals surface area contributed by atoms with Crippen molar-refractivity contribution in [2.75, 3.05) is 10.4 Å². The van der Waals surface area contributed by atoms with E-state index >= 15 is 0 Å². The lowest BCUT2D eigenvalue weighted by molar-refractivity contribution is -0.110. The van der Waals surface area contributed by atoms with Gasteiger partial charge in [0.2, 0.25) is 0 Å². The van der Waals surface area contributed by atoms with E-state index in [1.54, 1.807) is 22.7 Å². The molecule has 0 spiro atoms. The quantitative estimate of drug-likeness (QED) is 0.526. The van der Waals surface area contributed by atoms with Crippen LogP contribution in [0.2, 0.25) is 0 Å². The first-order valence-corrected chi connectivity index (χ1v) is 10.3. The minimum absolute atomic E-state index is 0.204. The Morgan fingerprint density at radius 2 is 2.00 bits per heavy atom. The molecule has 2 aromatic carbocycles. The molecule has 0 aliphatic carbocycles. The molecule has 30 heavy (non-hydrogen) atoms. The summed E-state index contributed by atoms with van der Waals surface area (Å²) in [5.74, 6) is -0.237. The van der Waals surface area contributed by atoms with Crippen LogP contribution in [0.5, 0.6) is 0 Å². The van der Waals surface area contributed by atoms with E-state index in [2.05, 4.69) is 25.8 Å². The Kier molecular flexibility index (Phi) is 4.70. The Balaban J connectivity index is 1.37. The van der Waals surface area contributed by atoms with E-state index in [-0.39, 0.29) is 11.9 Å². The van der Waals surface area contributed by atoms with Gasteiger partial charge >= 0.3 is 0 Å². The van der Waals surface area contributed by atoms with E-state index in [9.17, 15) is 4.79 Å². The maximum Gasteiger partial charge on any atom is 0.273 e. The molecule has 1 aliphatic rings. The van der Waals surface area contributed by atoms with Crippen molar-refractivity contribution in [1.82, 2.24) is 15.4 Å². The zero-order valence-electron chi connectivity index (χ0n) is 16.1. The van der Waals surface area contributed by atoms with Crippen molar-refractivity contribution in [2.45, 2.75) is 13.0 Å². The monoisotopic (exact) mass is 414 g/mol. The number of carbonyl (C=O) groups excluding carboxylic acids is 1. The van der Waals surface area contributed by atoms with Gasteiger partial charge in [-0.15, -0.1) is 11.3 Å². The van der Waals surface area contributed by atoms with Crippen molar-refractivity contribution in [3.63, 3.8) is 0 Å². The summed E-state index contributed by atoms with van der Waals surface area (Å²) in [6.45, 7) is 1.91. The van der Waals surface area contributed by atoms with Gasteiger partial charge < -0.3 is 5.32 Å². The molecule has 0 saturated carbocycles. The Hall–Kier alpha value is -3.62. The van der Waals surface area contributed by atoms with Crippen LogP contribution in [0.3, 0.4) is 0 Å². The van der Waals surface area contributed by atoms with Gasteiger partial charge in [0, 0.05) is 23.6 Å². The number of fused-ring (bicyclic) bond motifs is 1. The van der Waals surface area contributed by atoms with Gasteiger partial charge in [-0.1, -0.05) is 30.3 Å². The summed E-state index contributed by atoms with van der Waals surface area (Å²) in [5.41, 5.74) is 7.05. The van der Waals surface area contributed by atoms with Gasteiger partial charge in [0.05, 0.1) is 21.9 Å². The highest BCUT2D eigenvalue weighted by Gasteiger charge is 2.28. The highest BCUT2D eigenvalue weighted by atomic mass is 32.1. The molecular weight excluding hydrogens is 396 g/mol. The number of nitrogens with one attached hydrogen (secondary N) is 2. The Morgan fingerprint density at radius 3 is 2.83 bits per heavy atom. The minimum Gasteiger partial charge on any atom is -0.321 e. The SMILES string of the molecule is CC1NN(c2ccccc2)N=C1C(=O)Nc1cccc(-c2nc3ccncc3s2)c1. The van der Waals surface area contributed by atoms with E-state index < -0.39 is 0 Å². The number of thiazole rings is 1. The number of hydrogen-bond acceptors (Lipinski definition) is 7. The third kappa shape index (κ3) is 3.54. The maximum atomic E-state index is 12.9. The van der Waals surface area contributed by atoms with Gasteiger partial charge in [-0.3, -0.25) is 9.78 Å². The molecule has 0 bridgehead atoms. The van der Waals surface area contributed by atoms with Crippen molar-refractivity contribution in [3.05, 3.63) is 73.1 Å². The van der Waals surface area contributed by atoms with E-state index in [1.807, 2.05) is 73.8 Å². The normalized spacial score (nSPS) is 16.0. The molecule has 1 unspecified atom stereocenters. The molecule has 148 valence electrons. The predicted octanol–water partition coefficient (Wildman–Crippen LogP) is 4.07. The molecule has 1 aliphatic heterocycles. The molecule has 0 saturated heterocycles. The van der Waals surface area contributed by atoms with Crippen molar-refractivity contribution < 1.29 is 4.79 Å². The molecule has 1 atom stereocenters. The number of aromatic nitrogens is 2. The summed E-state index contributed by atoms with van der Waals surface area (Å²) >= 11 is 1.57. The van der Waals surface area contributed by atoms with E-state index in [0.717, 1.165) is 26.5 Å². The summed E-state index contributed by atoms with van der Waals surface area (Å²) < 4.78 is 1.03. The summed E-state index contributed by atoms with van der Waals surface area (Å²) in [6.07, 6.45) is 3.55. The molecule has 7 nitrogen and oxygen atoms in total. The number of para-hydroxylation sites is 1. The number of pyridine rings is 1. The van der Waals surface area contributed by atoms with Gasteiger partial charge in [-0.25, -0.2) is 10.4 Å². The lowest BCUT2D eigenvalue weighted by Gasteiger charge is -2.14. The van der Waals surface area contributed by atoms with Crippen LogP contribution in [0.1, 0.15) is 6.92 Å². The highest BCUT2D eigenvalue weighted by Crippen LogP contribution is 2.30. The van der Waals surface area contributed by atoms with Crippen LogP contribution in [0.15, 0.2) is 78.2 Å². The zero-order chi connectivity index (χ0) is 20.5. The number of nitrogens with zero attached hydrogens (tertiary/aromatic N) is 4. The van der Waals surface area contributed by atoms with Crippen LogP contribution in [0, 0.1) is 0 Å². The van der Waals surface area contributed by atoms with Gasteiger partial charge in [0.25, 0.3) is 5.91 Å². The second-order valence-corrected chi connectivity index (χ2v) is 7.91. The van der Waals surface area contributed by atoms with Crippen molar-refractivity contribution in [3.8, 4) is 10.6 Å². The van der Waals surface area contributed by atoms with Crippen LogP contribution >= 0.6 is 11.3 Å². The number of benzene rings is 2. The van der Waals surface area contributed by atoms with Gasteiger partial charge in [0.1, 0.15) is 10.7 Å². The van der Waals surface area contributed by atoms with Crippen LogP contribution in [-0.4, -0.2) is 27.6 Å². The number of hydrazine groups is 1. The van der Waals surface area contributed by atoms with Crippen LogP contribution in [0.25, 0.3) is 20.8 Å². The summed E-state index contributed by atoms with van der Waals surface area (Å²) in [6, 6.07) is 19.0. The van der Waals surface area contributed by atoms with Gasteiger partial charge in [-0.2, -0.15) is 10.2 Å². The number of rotatable bonds is 4. The standard InChI is InChI=1S/C22H18N6OS/c1-14-20(27-28(26-14)17-8-3-2-4-9-17)21(29)24-16-7-5-6-15(12-16)22-25-18-10-11-23-13-19(18)30-22/h2-14,26H,1H3,(H,24,29). The second kappa shape index (κ2) is 7.66. The molecule has 2 N–H and O–H groups in total. The molecule has 4 aromatic rings. The van der Waals surface area contributed by atoms with E-state index in [1.165, 1.54) is 0 Å². The van der Waals surface area contributed by atoms with E-state index in [4.69, 9.17) is 0 Å². The third-order valence-electron chi connectivity index (χ3n) is 4.73. The Bertz CT molecular complexity index is 1220. The third-order valence-corrected chi connectivity index (χ3v) is 5.78. The van der Waals surface area contributed by atoms with Crippen LogP contribution in [-0.2, 0) is 4.79 Å². The molecule has 1 amide bonds. The Labute approximate surface area is 177 Å². The zero-order valence-corrected chi connectivity index (χ0v) is 16.9. The fourth-order valence-electron chi connectivity index (χ4n) is 3.24. The van der Waals surface area contributed by atoms with Crippen molar-refractivity contribution in [2.24, 2.45) is 5.10 Å². The van der Waals surface area contributed by atoms with Crippen LogP contribution < -0.4 is 15.9 Å². The largest absolute Gasteiger partial charge is 0.321 e. The molecular formula is C22H18N6OS. The Morgan fingerprint density at radius 1 is 1.13 bits per heavy atom. The van der Waals surface area contributed by atoms with Gasteiger partial charge in [-0.05, 0) is 37.3 Å². The average molecular weight is 414 g/mol. The summed E-state index contributed by atoms with van der Waals surface area (Å²) in [5, 5.41) is 9.93. The first-order valence-electron chi connectivity index (χ1n) is 9.49.